The summed E-state index contributed by atoms with van der Waals surface area (Å²) in [6.07, 6.45) is 8.80. The molecule has 1 aromatic carbocycles. The molecule has 2 heterocycles. The molecule has 0 atom stereocenters. The van der Waals surface area contributed by atoms with Crippen molar-refractivity contribution in [2.75, 3.05) is 49.9 Å². The maximum Gasteiger partial charge on any atom is 0.319 e. The normalized spacial score (nSPS) is 12.2. The molecule has 2 aromatic heterocycles. The molecule has 0 saturated heterocycles. The van der Waals surface area contributed by atoms with Crippen LogP contribution in [0.25, 0.3) is 11.3 Å². The summed E-state index contributed by atoms with van der Waals surface area (Å²) in [5.41, 5.74) is 3.69. The van der Waals surface area contributed by atoms with Crippen LogP contribution in [-0.4, -0.2) is 64.9 Å². The van der Waals surface area contributed by atoms with Crippen LogP contribution >= 0.6 is 10.3 Å². The molecule has 0 aliphatic heterocycles. The van der Waals surface area contributed by atoms with Crippen molar-refractivity contribution in [2.45, 2.75) is 38.5 Å². The molecule has 206 valence electrons. The highest BCUT2D eigenvalue weighted by Crippen LogP contribution is 2.54. The van der Waals surface area contributed by atoms with Crippen molar-refractivity contribution in [1.29, 1.82) is 0 Å². The van der Waals surface area contributed by atoms with Crippen LogP contribution in [0.5, 0.6) is 0 Å². The molecule has 0 bridgehead atoms. The molecule has 0 radical (unpaired) electrons. The second-order valence-corrected chi connectivity index (χ2v) is 14.1. The van der Waals surface area contributed by atoms with Crippen LogP contribution in [0.15, 0.2) is 54.9 Å². The largest absolute Gasteiger partial charge is 0.468 e. The zero-order valence-corrected chi connectivity index (χ0v) is 24.0. The van der Waals surface area contributed by atoms with Crippen LogP contribution in [0.4, 0.5) is 17.5 Å². The van der Waals surface area contributed by atoms with Gasteiger partial charge in [0.1, 0.15) is 5.82 Å². The van der Waals surface area contributed by atoms with E-state index in [1.54, 1.807) is 12.4 Å². The third kappa shape index (κ3) is 8.97. The van der Waals surface area contributed by atoms with E-state index in [0.29, 0.717) is 19.1 Å². The molecule has 3 rings (SSSR count). The van der Waals surface area contributed by atoms with E-state index in [-0.39, 0.29) is 17.3 Å². The third-order valence-corrected chi connectivity index (χ3v) is 9.88. The van der Waals surface area contributed by atoms with E-state index >= 15 is 0 Å². The average Bonchev–Trinajstić information content (AvgIpc) is 2.89. The van der Waals surface area contributed by atoms with E-state index in [0.717, 1.165) is 41.3 Å². The zero-order chi connectivity index (χ0) is 27.6. The number of benzene rings is 1. The fraction of sp³-hybridized carbons (Fsp3) is 0.429. The van der Waals surface area contributed by atoms with Gasteiger partial charge in [0.2, 0.25) is 5.95 Å². The van der Waals surface area contributed by atoms with E-state index in [4.69, 9.17) is 4.18 Å². The smallest absolute Gasteiger partial charge is 0.319 e. The molecule has 0 aliphatic rings. The fourth-order valence-corrected chi connectivity index (χ4v) is 3.97. The van der Waals surface area contributed by atoms with Crippen LogP contribution in [0.1, 0.15) is 32.8 Å². The third-order valence-electron chi connectivity index (χ3n) is 6.23. The second kappa shape index (κ2) is 13.5. The van der Waals surface area contributed by atoms with Crippen LogP contribution < -0.4 is 16.0 Å². The Hall–Kier alpha value is -3.21. The number of anilines is 3. The number of methoxy groups -OCH3 is 1. The van der Waals surface area contributed by atoms with Gasteiger partial charge < -0.3 is 24.9 Å². The molecular weight excluding hydrogens is 500 g/mol. The highest BCUT2D eigenvalue weighted by molar-refractivity contribution is 8.29. The predicted molar refractivity (Wildman–Crippen MR) is 157 cm³/mol. The molecule has 0 fully saturated rings. The lowest BCUT2D eigenvalue weighted by molar-refractivity contribution is -0.139. The molecule has 0 aliphatic carbocycles. The van der Waals surface area contributed by atoms with E-state index < -0.39 is 10.3 Å². The van der Waals surface area contributed by atoms with Crippen molar-refractivity contribution in [1.82, 2.24) is 20.3 Å². The standard InChI is InChI=1S/C28H40N6O3S/c1-28(2,3)38(5,6)37-20-21-9-7-10-23(17-21)33-27-31-16-13-24(34-27)22-11-12-25(32-18-22)30-15-8-14-29-19-26(35)36-4/h7,9-13,16-18,29H,8,14-15,19-20H2,1-6H3,(H,30,32)(H,31,33,34). The highest BCUT2D eigenvalue weighted by Gasteiger charge is 2.28. The van der Waals surface area contributed by atoms with Gasteiger partial charge in [0.15, 0.2) is 0 Å². The number of esters is 1. The van der Waals surface area contributed by atoms with Gasteiger partial charge in [0.05, 0.1) is 26.0 Å². The molecule has 0 amide bonds. The Morgan fingerprint density at radius 3 is 2.58 bits per heavy atom. The quantitative estimate of drug-likeness (QED) is 0.200. The van der Waals surface area contributed by atoms with Crippen LogP contribution in [0.2, 0.25) is 0 Å². The first-order valence-electron chi connectivity index (χ1n) is 12.6. The summed E-state index contributed by atoms with van der Waals surface area (Å²) in [5.74, 6) is 1.03. The zero-order valence-electron chi connectivity index (χ0n) is 23.2. The van der Waals surface area contributed by atoms with Gasteiger partial charge >= 0.3 is 5.97 Å². The maximum atomic E-state index is 11.1. The maximum absolute atomic E-state index is 11.1. The number of hydrogen-bond acceptors (Lipinski definition) is 9. The van der Waals surface area contributed by atoms with Gasteiger partial charge in [-0.05, 0) is 61.4 Å². The summed E-state index contributed by atoms with van der Waals surface area (Å²) in [7, 11) is 0.186. The van der Waals surface area contributed by atoms with Crippen molar-refractivity contribution in [3.8, 4) is 11.3 Å². The lowest BCUT2D eigenvalue weighted by Crippen LogP contribution is -2.26. The molecule has 3 aromatic rings. The summed E-state index contributed by atoms with van der Waals surface area (Å²) in [4.78, 5) is 24.7. The van der Waals surface area contributed by atoms with E-state index in [1.165, 1.54) is 7.11 Å². The highest BCUT2D eigenvalue weighted by atomic mass is 32.3. The Morgan fingerprint density at radius 1 is 1.05 bits per heavy atom. The van der Waals surface area contributed by atoms with Gasteiger partial charge in [0.25, 0.3) is 0 Å². The minimum absolute atomic E-state index is 0.116. The number of nitrogens with zero attached hydrogens (tertiary/aromatic N) is 3. The van der Waals surface area contributed by atoms with E-state index in [2.05, 4.69) is 81.1 Å². The van der Waals surface area contributed by atoms with Crippen molar-refractivity contribution in [3.63, 3.8) is 0 Å². The SMILES string of the molecule is COC(=O)CNCCCNc1ccc(-c2ccnc(Nc3cccc(COS(C)(C)C(C)(C)C)c3)n2)cn1. The predicted octanol–water partition coefficient (Wildman–Crippen LogP) is 5.14. The van der Waals surface area contributed by atoms with Crippen molar-refractivity contribution in [2.24, 2.45) is 0 Å². The Morgan fingerprint density at radius 2 is 1.87 bits per heavy atom. The number of pyridine rings is 1. The molecule has 38 heavy (non-hydrogen) atoms. The number of ether oxygens (including phenoxy) is 1. The summed E-state index contributed by atoms with van der Waals surface area (Å²) in [6.45, 7) is 8.89. The second-order valence-electron chi connectivity index (χ2n) is 10.2. The van der Waals surface area contributed by atoms with Gasteiger partial charge in [-0.15, -0.1) is 10.3 Å². The van der Waals surface area contributed by atoms with Gasteiger partial charge in [-0.1, -0.05) is 32.9 Å². The number of carbonyl (C=O) groups excluding carboxylic acids is 1. The minimum atomic E-state index is -1.19. The Kier molecular flexibility index (Phi) is 10.5. The van der Waals surface area contributed by atoms with E-state index in [1.807, 2.05) is 30.3 Å². The van der Waals surface area contributed by atoms with Crippen molar-refractivity contribution < 1.29 is 13.7 Å². The molecule has 3 N–H and O–H groups in total. The van der Waals surface area contributed by atoms with Crippen molar-refractivity contribution in [3.05, 3.63) is 60.4 Å². The molecule has 10 heteroatoms. The minimum Gasteiger partial charge on any atom is -0.468 e. The number of rotatable bonds is 13. The monoisotopic (exact) mass is 540 g/mol. The molecule has 0 spiro atoms. The topological polar surface area (TPSA) is 110 Å². The van der Waals surface area contributed by atoms with Crippen LogP contribution in [0, 0.1) is 0 Å². The van der Waals surface area contributed by atoms with Gasteiger partial charge in [-0.25, -0.2) is 15.0 Å². The molecular formula is C28H40N6O3S. The fourth-order valence-electron chi connectivity index (χ4n) is 3.18. The molecule has 9 nitrogen and oxygen atoms in total. The first-order chi connectivity index (χ1) is 18.1. The average molecular weight is 541 g/mol. The van der Waals surface area contributed by atoms with Crippen molar-refractivity contribution >= 4 is 33.7 Å². The molecule has 0 unspecified atom stereocenters. The van der Waals surface area contributed by atoms with E-state index in [9.17, 15) is 4.79 Å². The Balaban J connectivity index is 1.54. The Bertz CT molecular complexity index is 1180. The van der Waals surface area contributed by atoms with Crippen LogP contribution in [0.3, 0.4) is 0 Å². The summed E-state index contributed by atoms with van der Waals surface area (Å²) in [5, 5.41) is 9.63. The van der Waals surface area contributed by atoms with Gasteiger partial charge in [-0.2, -0.15) is 0 Å². The van der Waals surface area contributed by atoms with Gasteiger partial charge in [-0.3, -0.25) is 4.79 Å². The van der Waals surface area contributed by atoms with Gasteiger partial charge in [0, 0.05) is 34.9 Å². The number of hydrogen-bond donors (Lipinski definition) is 3. The number of nitrogens with one attached hydrogen (secondary N) is 3. The van der Waals surface area contributed by atoms with Crippen LogP contribution in [-0.2, 0) is 20.3 Å². The summed E-state index contributed by atoms with van der Waals surface area (Å²) in [6, 6.07) is 13.9. The number of carbonyl (C=O) groups is 1. The first-order valence-corrected chi connectivity index (χ1v) is 15.0. The first kappa shape index (κ1) is 29.3. The Labute approximate surface area is 227 Å². The summed E-state index contributed by atoms with van der Waals surface area (Å²) < 4.78 is 11.0. The summed E-state index contributed by atoms with van der Waals surface area (Å²) >= 11 is 0. The lowest BCUT2D eigenvalue weighted by Gasteiger charge is -2.43. The molecule has 0 saturated carbocycles. The lowest BCUT2D eigenvalue weighted by atomic mass is 10.2. The number of aromatic nitrogens is 3.